The number of ether oxygens (including phenoxy) is 7. The topological polar surface area (TPSA) is 333 Å². The summed E-state index contributed by atoms with van der Waals surface area (Å²) in [5.41, 5.74) is 6.28. The van der Waals surface area contributed by atoms with E-state index in [1.807, 2.05) is 0 Å². The van der Waals surface area contributed by atoms with Gasteiger partial charge in [-0.3, -0.25) is 0 Å². The van der Waals surface area contributed by atoms with E-state index < -0.39 is 143 Å². The van der Waals surface area contributed by atoms with Gasteiger partial charge in [-0.1, -0.05) is 0 Å². The van der Waals surface area contributed by atoms with Crippen LogP contribution in [0, 0.1) is 0 Å². The van der Waals surface area contributed by atoms with Crippen LogP contribution in [0.3, 0.4) is 0 Å². The molecule has 0 aromatic rings. The van der Waals surface area contributed by atoms with Crippen molar-refractivity contribution >= 4 is 0 Å². The van der Waals surface area contributed by atoms with Gasteiger partial charge in [0.15, 0.2) is 25.2 Å². The molecule has 0 aromatic heterocycles. The summed E-state index contributed by atoms with van der Waals surface area (Å²) >= 11 is 0. The quantitative estimate of drug-likeness (QED) is 0.110. The van der Waals surface area contributed by atoms with Crippen molar-refractivity contribution < 1.29 is 94.4 Å². The van der Waals surface area contributed by atoms with Crippen LogP contribution >= 0.6 is 0 Å². The summed E-state index contributed by atoms with van der Waals surface area (Å²) in [5, 5.41) is 123. The first-order valence-corrected chi connectivity index (χ1v) is 14.0. The first-order chi connectivity index (χ1) is 20.7. The highest BCUT2D eigenvalue weighted by Gasteiger charge is 2.55. The molecule has 0 bridgehead atoms. The Morgan fingerprint density at radius 2 is 0.977 bits per heavy atom. The van der Waals surface area contributed by atoms with Crippen LogP contribution in [0.2, 0.25) is 0 Å². The largest absolute Gasteiger partial charge is 0.394 e. The van der Waals surface area contributed by atoms with Crippen molar-refractivity contribution in [1.29, 1.82) is 0 Å². The van der Waals surface area contributed by atoms with E-state index in [4.69, 9.17) is 38.9 Å². The van der Waals surface area contributed by atoms with Gasteiger partial charge in [-0.15, -0.1) is 0 Å². The summed E-state index contributed by atoms with van der Waals surface area (Å²) in [7, 11) is 0. The van der Waals surface area contributed by atoms with E-state index in [-0.39, 0.29) is 0 Å². The van der Waals surface area contributed by atoms with Gasteiger partial charge in [0.05, 0.1) is 32.0 Å². The van der Waals surface area contributed by atoms with Crippen molar-refractivity contribution in [3.63, 3.8) is 0 Å². The zero-order valence-corrected chi connectivity index (χ0v) is 23.5. The third-order valence-electron chi connectivity index (χ3n) is 8.25. The lowest BCUT2D eigenvalue weighted by Gasteiger charge is -2.49. The Bertz CT molecular complexity index is 908. The van der Waals surface area contributed by atoms with Gasteiger partial charge in [-0.2, -0.15) is 0 Å². The molecule has 4 aliphatic rings. The van der Waals surface area contributed by atoms with Crippen molar-refractivity contribution in [2.75, 3.05) is 19.8 Å². The van der Waals surface area contributed by atoms with Gasteiger partial charge in [0.25, 0.3) is 0 Å². The van der Waals surface area contributed by atoms with E-state index in [0.29, 0.717) is 0 Å². The summed E-state index contributed by atoms with van der Waals surface area (Å²) in [6, 6.07) is -1.53. The molecular weight excluding hydrogens is 606 g/mol. The molecule has 0 unspecified atom stereocenters. The lowest BCUT2D eigenvalue weighted by Crippen LogP contribution is -2.69. The van der Waals surface area contributed by atoms with Crippen LogP contribution in [0.4, 0.5) is 0 Å². The van der Waals surface area contributed by atoms with Gasteiger partial charge in [-0.25, -0.2) is 0 Å². The van der Waals surface area contributed by atoms with Crippen LogP contribution in [0.25, 0.3) is 0 Å². The van der Waals surface area contributed by atoms with E-state index in [1.54, 1.807) is 0 Å². The molecule has 4 rings (SSSR count). The molecule has 44 heavy (non-hydrogen) atoms. The summed E-state index contributed by atoms with van der Waals surface area (Å²) in [6.45, 7) is -1.05. The Morgan fingerprint density at radius 1 is 0.477 bits per heavy atom. The third kappa shape index (κ3) is 7.05. The maximum absolute atomic E-state index is 10.9. The highest BCUT2D eigenvalue weighted by Crippen LogP contribution is 2.34. The SMILES string of the molecule is C[C@@H]1O[C@@H](O[C@H]2[C@H](O[C@@H]3[C@@H](N)[C@H](O[C@@H]4[C@@H](O)[C@H](O)O[C@H](CO)[C@@H]4O)O[C@H](CO)[C@@H]3O)O[C@H](CO)[C@H](O)[C@@H]2O)[C@@H](O)[C@H](O)[C@@H]1O. The molecule has 4 aliphatic heterocycles. The monoisotopic (exact) mass is 649 g/mol. The number of hydrogen-bond donors (Lipinski definition) is 13. The molecule has 0 amide bonds. The minimum Gasteiger partial charge on any atom is -0.394 e. The fraction of sp³-hybridized carbons (Fsp3) is 1.00. The summed E-state index contributed by atoms with van der Waals surface area (Å²) in [4.78, 5) is 0. The highest BCUT2D eigenvalue weighted by atomic mass is 16.8. The number of aliphatic hydroxyl groups is 12. The second-order valence-corrected chi connectivity index (χ2v) is 11.2. The summed E-state index contributed by atoms with van der Waals surface area (Å²) in [6.07, 6.45) is -31.5. The molecule has 20 nitrogen and oxygen atoms in total. The number of aliphatic hydroxyl groups excluding tert-OH is 12. The minimum absolute atomic E-state index is 0.763. The van der Waals surface area contributed by atoms with Crippen LogP contribution in [0.5, 0.6) is 0 Å². The van der Waals surface area contributed by atoms with Crippen molar-refractivity contribution in [3.8, 4) is 0 Å². The average molecular weight is 650 g/mol. The van der Waals surface area contributed by atoms with Crippen LogP contribution < -0.4 is 5.73 Å². The van der Waals surface area contributed by atoms with E-state index in [0.717, 1.165) is 0 Å². The molecular formula is C24H43NO19. The zero-order valence-electron chi connectivity index (χ0n) is 23.5. The maximum atomic E-state index is 10.9. The molecule has 0 aromatic carbocycles. The summed E-state index contributed by atoms with van der Waals surface area (Å²) < 4.78 is 38.6. The summed E-state index contributed by atoms with van der Waals surface area (Å²) in [5.74, 6) is 0. The fourth-order valence-corrected chi connectivity index (χ4v) is 5.51. The second-order valence-electron chi connectivity index (χ2n) is 11.2. The Morgan fingerprint density at radius 3 is 1.59 bits per heavy atom. The molecule has 0 saturated carbocycles. The first kappa shape index (κ1) is 36.0. The molecule has 0 aliphatic carbocycles. The molecule has 258 valence electrons. The Kier molecular flexibility index (Phi) is 12.3. The first-order valence-electron chi connectivity index (χ1n) is 14.0. The van der Waals surface area contributed by atoms with Gasteiger partial charge in [-0.05, 0) is 6.92 Å². The van der Waals surface area contributed by atoms with Crippen molar-refractivity contribution in [2.45, 2.75) is 130 Å². The molecule has 14 N–H and O–H groups in total. The standard InChI is InChI=1S/C24H43NO19/c1-5-10(29)14(33)16(35)23(38-5)44-20-15(34)11(30)6(2-26)41-24(20)42-18-9(25)22(40-8(4-28)12(18)31)43-19-13(32)7(3-27)39-21(37)17(19)36/h5-24,26-37H,2-4,25H2,1H3/t5-,6+,7+,8+,9+,10+,11-,12-,13-,14+,15-,16-,17+,18+,19-,20+,21+,22-,23-,24-/m0/s1. The number of hydrogen-bond acceptors (Lipinski definition) is 20. The molecule has 4 saturated heterocycles. The van der Waals surface area contributed by atoms with Gasteiger partial charge in [0.1, 0.15) is 85.5 Å². The molecule has 0 spiro atoms. The Hall–Kier alpha value is -0.800. The molecule has 20 heteroatoms. The van der Waals surface area contributed by atoms with E-state index in [2.05, 4.69) is 0 Å². The fourth-order valence-electron chi connectivity index (χ4n) is 5.51. The normalized spacial score (nSPS) is 53.9. The zero-order chi connectivity index (χ0) is 32.6. The molecule has 20 atom stereocenters. The van der Waals surface area contributed by atoms with Crippen molar-refractivity contribution in [3.05, 3.63) is 0 Å². The Balaban J connectivity index is 1.57. The lowest BCUT2D eigenvalue weighted by molar-refractivity contribution is -0.384. The van der Waals surface area contributed by atoms with Crippen LogP contribution in [-0.4, -0.2) is 204 Å². The van der Waals surface area contributed by atoms with Gasteiger partial charge in [0, 0.05) is 0 Å². The van der Waals surface area contributed by atoms with E-state index in [1.165, 1.54) is 6.92 Å². The smallest absolute Gasteiger partial charge is 0.187 e. The number of rotatable bonds is 9. The van der Waals surface area contributed by atoms with E-state index in [9.17, 15) is 61.3 Å². The lowest BCUT2D eigenvalue weighted by atomic mass is 9.95. The molecule has 4 fully saturated rings. The Labute approximate surface area is 250 Å². The minimum atomic E-state index is -1.89. The predicted octanol–water partition coefficient (Wildman–Crippen LogP) is -8.75. The maximum Gasteiger partial charge on any atom is 0.187 e. The van der Waals surface area contributed by atoms with Crippen LogP contribution in [0.15, 0.2) is 0 Å². The predicted molar refractivity (Wildman–Crippen MR) is 134 cm³/mol. The van der Waals surface area contributed by atoms with Crippen molar-refractivity contribution in [1.82, 2.24) is 0 Å². The van der Waals surface area contributed by atoms with Crippen LogP contribution in [0.1, 0.15) is 6.92 Å². The molecule has 0 radical (unpaired) electrons. The van der Waals surface area contributed by atoms with Gasteiger partial charge in [0.2, 0.25) is 0 Å². The molecule has 4 heterocycles. The average Bonchev–Trinajstić information content (AvgIpc) is 3.00. The van der Waals surface area contributed by atoms with Crippen molar-refractivity contribution in [2.24, 2.45) is 5.73 Å². The van der Waals surface area contributed by atoms with E-state index >= 15 is 0 Å². The van der Waals surface area contributed by atoms with Gasteiger partial charge >= 0.3 is 0 Å². The number of nitrogens with two attached hydrogens (primary N) is 1. The second kappa shape index (κ2) is 15.0. The van der Waals surface area contributed by atoms with Crippen LogP contribution in [-0.2, 0) is 33.2 Å². The third-order valence-corrected chi connectivity index (χ3v) is 8.25. The van der Waals surface area contributed by atoms with Gasteiger partial charge < -0.3 is 100 Å². The highest BCUT2D eigenvalue weighted by molar-refractivity contribution is 4.98.